The highest BCUT2D eigenvalue weighted by atomic mass is 19.4. The van der Waals surface area contributed by atoms with E-state index in [-0.39, 0.29) is 23.2 Å². The SMILES string of the molecule is O=[N+]([O-])c1ccccc1[C@@H]1Nc2c(cccc2C(F)(F)F)[C@@H]2C=CC[C@H]21. The van der Waals surface area contributed by atoms with Crippen LogP contribution >= 0.6 is 0 Å². The Bertz CT molecular complexity index is 908. The van der Waals surface area contributed by atoms with Crippen molar-refractivity contribution < 1.29 is 18.1 Å². The number of nitro benzene ring substituents is 1. The molecule has 134 valence electrons. The van der Waals surface area contributed by atoms with E-state index in [1.54, 1.807) is 24.3 Å². The quantitative estimate of drug-likeness (QED) is 0.441. The molecule has 1 N–H and O–H groups in total. The molecule has 2 aliphatic rings. The largest absolute Gasteiger partial charge is 0.418 e. The molecule has 26 heavy (non-hydrogen) atoms. The number of para-hydroxylation sites is 2. The summed E-state index contributed by atoms with van der Waals surface area (Å²) in [6.07, 6.45) is 0.00511. The van der Waals surface area contributed by atoms with Crippen molar-refractivity contribution in [2.24, 2.45) is 5.92 Å². The third kappa shape index (κ3) is 2.55. The summed E-state index contributed by atoms with van der Waals surface area (Å²) >= 11 is 0. The Labute approximate surface area is 147 Å². The van der Waals surface area contributed by atoms with E-state index in [1.807, 2.05) is 12.2 Å². The van der Waals surface area contributed by atoms with Crippen LogP contribution < -0.4 is 5.32 Å². The number of nitrogens with zero attached hydrogens (tertiary/aromatic N) is 1. The van der Waals surface area contributed by atoms with E-state index in [1.165, 1.54) is 12.1 Å². The molecule has 0 fully saturated rings. The van der Waals surface area contributed by atoms with Gasteiger partial charge in [0.05, 0.1) is 27.8 Å². The van der Waals surface area contributed by atoms with E-state index >= 15 is 0 Å². The van der Waals surface area contributed by atoms with Gasteiger partial charge in [-0.3, -0.25) is 10.1 Å². The van der Waals surface area contributed by atoms with Gasteiger partial charge in [-0.1, -0.05) is 42.5 Å². The zero-order chi connectivity index (χ0) is 18.5. The van der Waals surface area contributed by atoms with Crippen LogP contribution in [0.25, 0.3) is 0 Å². The van der Waals surface area contributed by atoms with Crippen molar-refractivity contribution in [1.29, 1.82) is 0 Å². The maximum atomic E-state index is 13.5. The summed E-state index contributed by atoms with van der Waals surface area (Å²) in [6, 6.07) is 9.83. The number of halogens is 3. The second kappa shape index (κ2) is 5.86. The molecule has 0 unspecified atom stereocenters. The first kappa shape index (κ1) is 16.6. The van der Waals surface area contributed by atoms with Crippen LogP contribution in [0.2, 0.25) is 0 Å². The van der Waals surface area contributed by atoms with Crippen molar-refractivity contribution >= 4 is 11.4 Å². The van der Waals surface area contributed by atoms with Gasteiger partial charge in [-0.05, 0) is 24.0 Å². The van der Waals surface area contributed by atoms with Gasteiger partial charge in [-0.2, -0.15) is 13.2 Å². The van der Waals surface area contributed by atoms with E-state index in [0.29, 0.717) is 17.5 Å². The molecule has 2 aromatic rings. The topological polar surface area (TPSA) is 55.2 Å². The molecule has 0 amide bonds. The molecule has 0 aromatic heterocycles. The number of fused-ring (bicyclic) bond motifs is 3. The first-order chi connectivity index (χ1) is 12.4. The molecule has 0 spiro atoms. The maximum Gasteiger partial charge on any atom is 0.418 e. The van der Waals surface area contributed by atoms with E-state index in [0.717, 1.165) is 6.07 Å². The van der Waals surface area contributed by atoms with Crippen LogP contribution in [0.1, 0.15) is 35.1 Å². The summed E-state index contributed by atoms with van der Waals surface area (Å²) in [5.74, 6) is -0.259. The minimum absolute atomic E-state index is 0.0240. The van der Waals surface area contributed by atoms with Crippen LogP contribution in [0.15, 0.2) is 54.6 Å². The Hall–Kier alpha value is -2.83. The number of rotatable bonds is 2. The minimum atomic E-state index is -4.50. The summed E-state index contributed by atoms with van der Waals surface area (Å²) < 4.78 is 40.5. The third-order valence-corrected chi connectivity index (χ3v) is 5.17. The average molecular weight is 360 g/mol. The Balaban J connectivity index is 1.88. The van der Waals surface area contributed by atoms with Gasteiger partial charge in [0.1, 0.15) is 0 Å². The first-order valence-electron chi connectivity index (χ1n) is 8.24. The van der Waals surface area contributed by atoms with Gasteiger partial charge in [-0.25, -0.2) is 0 Å². The maximum absolute atomic E-state index is 13.5. The highest BCUT2D eigenvalue weighted by Crippen LogP contribution is 2.53. The monoisotopic (exact) mass is 360 g/mol. The van der Waals surface area contributed by atoms with Crippen molar-refractivity contribution in [3.8, 4) is 0 Å². The normalized spacial score (nSPS) is 23.9. The summed E-state index contributed by atoms with van der Waals surface area (Å²) in [6.45, 7) is 0. The van der Waals surface area contributed by atoms with Gasteiger partial charge in [0.2, 0.25) is 0 Å². The summed E-state index contributed by atoms with van der Waals surface area (Å²) in [4.78, 5) is 10.9. The minimum Gasteiger partial charge on any atom is -0.377 e. The molecule has 4 rings (SSSR count). The number of nitrogens with one attached hydrogen (secondary N) is 1. The number of hydrogen-bond acceptors (Lipinski definition) is 3. The van der Waals surface area contributed by atoms with E-state index in [4.69, 9.17) is 0 Å². The lowest BCUT2D eigenvalue weighted by molar-refractivity contribution is -0.385. The third-order valence-electron chi connectivity index (χ3n) is 5.17. The summed E-state index contributed by atoms with van der Waals surface area (Å²) in [5, 5.41) is 14.4. The lowest BCUT2D eigenvalue weighted by Gasteiger charge is -2.38. The van der Waals surface area contributed by atoms with E-state index < -0.39 is 22.7 Å². The van der Waals surface area contributed by atoms with Crippen molar-refractivity contribution in [1.82, 2.24) is 0 Å². The molecule has 0 bridgehead atoms. The Morgan fingerprint density at radius 2 is 1.81 bits per heavy atom. The number of anilines is 1. The number of alkyl halides is 3. The lowest BCUT2D eigenvalue weighted by Crippen LogP contribution is -2.31. The zero-order valence-electron chi connectivity index (χ0n) is 13.5. The van der Waals surface area contributed by atoms with Crippen LogP contribution in [0, 0.1) is 16.0 Å². The van der Waals surface area contributed by atoms with E-state index in [9.17, 15) is 23.3 Å². The zero-order valence-corrected chi connectivity index (χ0v) is 13.5. The average Bonchev–Trinajstić information content (AvgIpc) is 3.09. The molecule has 2 aromatic carbocycles. The fourth-order valence-electron chi connectivity index (χ4n) is 4.08. The van der Waals surface area contributed by atoms with Gasteiger partial charge in [-0.15, -0.1) is 0 Å². The molecule has 1 heterocycles. The first-order valence-corrected chi connectivity index (χ1v) is 8.24. The fourth-order valence-corrected chi connectivity index (χ4v) is 4.08. The highest BCUT2D eigenvalue weighted by molar-refractivity contribution is 5.66. The van der Waals surface area contributed by atoms with Gasteiger partial charge in [0, 0.05) is 12.0 Å². The van der Waals surface area contributed by atoms with Crippen LogP contribution in [0.5, 0.6) is 0 Å². The predicted molar refractivity (Wildman–Crippen MR) is 90.9 cm³/mol. The van der Waals surface area contributed by atoms with Crippen molar-refractivity contribution in [3.63, 3.8) is 0 Å². The molecular formula is C19H15F3N2O2. The molecule has 0 radical (unpaired) electrons. The van der Waals surface area contributed by atoms with Crippen LogP contribution in [-0.2, 0) is 6.18 Å². The molecule has 3 atom stereocenters. The number of nitro groups is 1. The van der Waals surface area contributed by atoms with Crippen LogP contribution in [0.4, 0.5) is 24.5 Å². The molecule has 7 heteroatoms. The van der Waals surface area contributed by atoms with Crippen molar-refractivity contribution in [2.75, 3.05) is 5.32 Å². The molecule has 4 nitrogen and oxygen atoms in total. The molecule has 1 aliphatic heterocycles. The Morgan fingerprint density at radius 1 is 1.08 bits per heavy atom. The molecule has 1 aliphatic carbocycles. The predicted octanol–water partition coefficient (Wildman–Crippen LogP) is 5.44. The van der Waals surface area contributed by atoms with Gasteiger partial charge in [0.25, 0.3) is 5.69 Å². The molecule has 0 saturated carbocycles. The molecular weight excluding hydrogens is 345 g/mol. The van der Waals surface area contributed by atoms with Gasteiger partial charge in [0.15, 0.2) is 0 Å². The Kier molecular flexibility index (Phi) is 3.75. The van der Waals surface area contributed by atoms with Crippen LogP contribution in [-0.4, -0.2) is 4.92 Å². The second-order valence-electron chi connectivity index (χ2n) is 6.56. The van der Waals surface area contributed by atoms with Crippen LogP contribution in [0.3, 0.4) is 0 Å². The van der Waals surface area contributed by atoms with Gasteiger partial charge < -0.3 is 5.32 Å². The number of hydrogen-bond donors (Lipinski definition) is 1. The lowest BCUT2D eigenvalue weighted by atomic mass is 9.76. The van der Waals surface area contributed by atoms with E-state index in [2.05, 4.69) is 5.32 Å². The van der Waals surface area contributed by atoms with Crippen molar-refractivity contribution in [3.05, 3.63) is 81.4 Å². The molecule has 0 saturated heterocycles. The van der Waals surface area contributed by atoms with Gasteiger partial charge >= 0.3 is 6.18 Å². The summed E-state index contributed by atoms with van der Waals surface area (Å²) in [5.41, 5.74) is 0.212. The fraction of sp³-hybridized carbons (Fsp3) is 0.263. The second-order valence-corrected chi connectivity index (χ2v) is 6.56. The number of allylic oxidation sites excluding steroid dienone is 2. The smallest absolute Gasteiger partial charge is 0.377 e. The van der Waals surface area contributed by atoms with Crippen molar-refractivity contribution in [2.45, 2.75) is 24.6 Å². The highest BCUT2D eigenvalue weighted by Gasteiger charge is 2.44. The number of benzene rings is 2. The Morgan fingerprint density at radius 3 is 2.54 bits per heavy atom. The standard InChI is InChI=1S/C19H15F3N2O2/c20-19(21,22)15-9-4-8-13-11-6-3-7-12(11)17(23-18(13)15)14-5-1-2-10-16(14)24(25)26/h1-6,8-12,17,23H,7H2/t11-,12-,17-/m1/s1. The summed E-state index contributed by atoms with van der Waals surface area (Å²) in [7, 11) is 0.